The number of thioether (sulfide) groups is 1. The monoisotopic (exact) mass is 471 g/mol. The van der Waals surface area contributed by atoms with E-state index in [-0.39, 0.29) is 17.3 Å². The molecule has 1 saturated heterocycles. The van der Waals surface area contributed by atoms with E-state index in [0.717, 1.165) is 85.9 Å². The molecule has 1 fully saturated rings. The van der Waals surface area contributed by atoms with Gasteiger partial charge >= 0.3 is 5.69 Å². The van der Waals surface area contributed by atoms with Gasteiger partial charge in [0, 0.05) is 38.3 Å². The molecule has 0 saturated carbocycles. The summed E-state index contributed by atoms with van der Waals surface area (Å²) in [5.74, 6) is 1.05. The van der Waals surface area contributed by atoms with Gasteiger partial charge in [-0.05, 0) is 56.8 Å². The Hall–Kier alpha value is -2.52. The molecule has 1 aliphatic carbocycles. The Morgan fingerprint density at radius 3 is 2.58 bits per heavy atom. The number of nitrogens with zero attached hydrogens (tertiary/aromatic N) is 4. The number of hydrogen-bond acceptors (Lipinski definition) is 7. The molecule has 33 heavy (non-hydrogen) atoms. The lowest BCUT2D eigenvalue weighted by Gasteiger charge is -2.37. The fourth-order valence-corrected chi connectivity index (χ4v) is 5.31. The molecular formula is C24H33N5O3S. The molecule has 1 aromatic heterocycles. The second-order valence-corrected chi connectivity index (χ2v) is 9.60. The Bertz CT molecular complexity index is 1020. The maximum absolute atomic E-state index is 13.0. The summed E-state index contributed by atoms with van der Waals surface area (Å²) >= 11 is 1.38. The van der Waals surface area contributed by atoms with E-state index in [4.69, 9.17) is 4.74 Å². The molecule has 1 aromatic carbocycles. The van der Waals surface area contributed by atoms with Crippen LogP contribution in [0, 0.1) is 0 Å². The predicted octanol–water partition coefficient (Wildman–Crippen LogP) is 1.47. The first kappa shape index (κ1) is 23.6. The molecule has 0 bridgehead atoms. The predicted molar refractivity (Wildman–Crippen MR) is 131 cm³/mol. The number of ether oxygens (including phenoxy) is 1. The first-order valence-electron chi connectivity index (χ1n) is 11.7. The van der Waals surface area contributed by atoms with Gasteiger partial charge in [0.15, 0.2) is 0 Å². The quantitative estimate of drug-likeness (QED) is 0.461. The Morgan fingerprint density at radius 1 is 1.12 bits per heavy atom. The van der Waals surface area contributed by atoms with E-state index in [1.807, 2.05) is 28.9 Å². The van der Waals surface area contributed by atoms with E-state index in [2.05, 4.69) is 27.3 Å². The van der Waals surface area contributed by atoms with Gasteiger partial charge in [0.1, 0.15) is 10.8 Å². The second kappa shape index (κ2) is 11.1. The van der Waals surface area contributed by atoms with Crippen molar-refractivity contribution in [2.24, 2.45) is 0 Å². The van der Waals surface area contributed by atoms with Crippen LogP contribution >= 0.6 is 11.8 Å². The van der Waals surface area contributed by atoms with E-state index in [1.54, 1.807) is 7.11 Å². The van der Waals surface area contributed by atoms with Gasteiger partial charge in [0.25, 0.3) is 0 Å². The van der Waals surface area contributed by atoms with Gasteiger partial charge in [-0.15, -0.1) is 0 Å². The topological polar surface area (TPSA) is 79.7 Å². The number of carbonyl (C=O) groups is 1. The Balaban J connectivity index is 1.37. The highest BCUT2D eigenvalue weighted by Gasteiger charge is 2.25. The van der Waals surface area contributed by atoms with Crippen LogP contribution < -0.4 is 20.8 Å². The third-order valence-electron chi connectivity index (χ3n) is 6.33. The first-order valence-corrected chi connectivity index (χ1v) is 12.6. The summed E-state index contributed by atoms with van der Waals surface area (Å²) in [7, 11) is 3.75. The van der Waals surface area contributed by atoms with Gasteiger partial charge in [-0.1, -0.05) is 23.9 Å². The summed E-state index contributed by atoms with van der Waals surface area (Å²) in [6, 6.07) is 7.86. The minimum atomic E-state index is -0.220. The van der Waals surface area contributed by atoms with Gasteiger partial charge in [0.2, 0.25) is 5.91 Å². The standard InChI is InChI=1S/C24H33N5O3S/c1-27-13-15-28(16-14-27)29-21-6-4-3-5-20(21)23(26-24(29)31)33-17-22(30)25-12-11-18-7-9-19(32-2)10-8-18/h7-10H,3-6,11-17H2,1-2H3,(H,25,30). The zero-order valence-electron chi connectivity index (χ0n) is 19.5. The van der Waals surface area contributed by atoms with Crippen molar-refractivity contribution in [1.82, 2.24) is 19.9 Å². The molecule has 1 amide bonds. The minimum Gasteiger partial charge on any atom is -0.497 e. The van der Waals surface area contributed by atoms with Crippen LogP contribution in [0.3, 0.4) is 0 Å². The summed E-state index contributed by atoms with van der Waals surface area (Å²) in [6.07, 6.45) is 4.74. The third-order valence-corrected chi connectivity index (χ3v) is 7.35. The summed E-state index contributed by atoms with van der Waals surface area (Å²) in [6.45, 7) is 4.10. The van der Waals surface area contributed by atoms with Crippen molar-refractivity contribution in [3.8, 4) is 5.75 Å². The number of methoxy groups -OCH3 is 1. The van der Waals surface area contributed by atoms with E-state index < -0.39 is 0 Å². The van der Waals surface area contributed by atoms with E-state index in [1.165, 1.54) is 11.8 Å². The second-order valence-electron chi connectivity index (χ2n) is 8.64. The third kappa shape index (κ3) is 5.89. The van der Waals surface area contributed by atoms with Crippen molar-refractivity contribution in [3.63, 3.8) is 0 Å². The lowest BCUT2D eigenvalue weighted by atomic mass is 9.97. The highest BCUT2D eigenvalue weighted by molar-refractivity contribution is 7.99. The molecule has 2 heterocycles. The van der Waals surface area contributed by atoms with E-state index >= 15 is 0 Å². The fourth-order valence-electron chi connectivity index (χ4n) is 4.40. The molecule has 1 aliphatic heterocycles. The summed E-state index contributed by atoms with van der Waals surface area (Å²) in [5, 5.41) is 5.84. The van der Waals surface area contributed by atoms with Gasteiger partial charge in [-0.2, -0.15) is 4.98 Å². The molecule has 1 N–H and O–H groups in total. The van der Waals surface area contributed by atoms with Crippen LogP contribution in [-0.4, -0.2) is 73.1 Å². The molecule has 0 radical (unpaired) electrons. The number of benzene rings is 1. The van der Waals surface area contributed by atoms with Crippen molar-refractivity contribution in [3.05, 3.63) is 51.6 Å². The van der Waals surface area contributed by atoms with Crippen molar-refractivity contribution in [1.29, 1.82) is 0 Å². The van der Waals surface area contributed by atoms with Crippen LogP contribution in [0.5, 0.6) is 5.75 Å². The number of nitrogens with one attached hydrogen (secondary N) is 1. The van der Waals surface area contributed by atoms with Crippen LogP contribution in [0.25, 0.3) is 0 Å². The Kier molecular flexibility index (Phi) is 7.93. The van der Waals surface area contributed by atoms with Crippen molar-refractivity contribution in [2.75, 3.05) is 57.6 Å². The van der Waals surface area contributed by atoms with Gasteiger partial charge in [-0.25, -0.2) is 9.47 Å². The maximum atomic E-state index is 13.0. The van der Waals surface area contributed by atoms with Gasteiger partial charge in [-0.3, -0.25) is 4.79 Å². The lowest BCUT2D eigenvalue weighted by molar-refractivity contribution is -0.118. The normalized spacial score (nSPS) is 16.4. The highest BCUT2D eigenvalue weighted by Crippen LogP contribution is 2.28. The number of rotatable bonds is 8. The molecule has 4 rings (SSSR count). The van der Waals surface area contributed by atoms with Crippen molar-refractivity contribution >= 4 is 17.7 Å². The zero-order chi connectivity index (χ0) is 23.2. The Morgan fingerprint density at radius 2 is 1.85 bits per heavy atom. The Labute approximate surface area is 199 Å². The molecule has 8 nitrogen and oxygen atoms in total. The molecule has 2 aromatic rings. The first-order chi connectivity index (χ1) is 16.0. The number of hydrogen-bond donors (Lipinski definition) is 1. The van der Waals surface area contributed by atoms with Crippen LogP contribution in [0.15, 0.2) is 34.1 Å². The fraction of sp³-hybridized carbons (Fsp3) is 0.542. The van der Waals surface area contributed by atoms with Gasteiger partial charge in [0.05, 0.1) is 18.6 Å². The van der Waals surface area contributed by atoms with E-state index in [0.29, 0.717) is 6.54 Å². The SMILES string of the molecule is COc1ccc(CCNC(=O)CSc2nc(=O)n(N3CCN(C)CC3)c3c2CCCC3)cc1. The number of amides is 1. The van der Waals surface area contributed by atoms with Crippen LogP contribution in [-0.2, 0) is 24.1 Å². The smallest absolute Gasteiger partial charge is 0.367 e. The summed E-state index contributed by atoms with van der Waals surface area (Å²) in [5.41, 5.74) is 3.17. The molecule has 2 aliphatic rings. The van der Waals surface area contributed by atoms with Gasteiger partial charge < -0.3 is 20.0 Å². The summed E-state index contributed by atoms with van der Waals surface area (Å²) in [4.78, 5) is 32.1. The van der Waals surface area contributed by atoms with Crippen LogP contribution in [0.2, 0.25) is 0 Å². The number of piperazine rings is 1. The molecule has 0 unspecified atom stereocenters. The van der Waals surface area contributed by atoms with Crippen molar-refractivity contribution < 1.29 is 9.53 Å². The zero-order valence-corrected chi connectivity index (χ0v) is 20.3. The maximum Gasteiger partial charge on any atom is 0.367 e. The molecule has 178 valence electrons. The van der Waals surface area contributed by atoms with E-state index in [9.17, 15) is 9.59 Å². The number of carbonyl (C=O) groups excluding carboxylic acids is 1. The number of likely N-dealkylation sites (N-methyl/N-ethyl adjacent to an activating group) is 1. The minimum absolute atomic E-state index is 0.0388. The number of aromatic nitrogens is 2. The van der Waals surface area contributed by atoms with Crippen LogP contribution in [0.1, 0.15) is 29.7 Å². The average molecular weight is 472 g/mol. The lowest BCUT2D eigenvalue weighted by Crippen LogP contribution is -2.55. The molecular weight excluding hydrogens is 438 g/mol. The molecule has 0 atom stereocenters. The highest BCUT2D eigenvalue weighted by atomic mass is 32.2. The van der Waals surface area contributed by atoms with Crippen molar-refractivity contribution in [2.45, 2.75) is 37.1 Å². The molecule has 9 heteroatoms. The number of fused-ring (bicyclic) bond motifs is 1. The largest absolute Gasteiger partial charge is 0.497 e. The summed E-state index contributed by atoms with van der Waals surface area (Å²) < 4.78 is 6.99. The molecule has 0 spiro atoms. The van der Waals surface area contributed by atoms with Crippen LogP contribution in [0.4, 0.5) is 0 Å². The average Bonchev–Trinajstić information content (AvgIpc) is 2.84.